The average molecular weight is 166 g/mol. The molecule has 0 aromatic heterocycles. The summed E-state index contributed by atoms with van der Waals surface area (Å²) in [5, 5.41) is 3.37. The van der Waals surface area contributed by atoms with E-state index in [-0.39, 0.29) is 0 Å². The Morgan fingerprint density at radius 2 is 2.50 bits per heavy atom. The van der Waals surface area contributed by atoms with Crippen LogP contribution in [0.1, 0.15) is 19.3 Å². The fourth-order valence-electron chi connectivity index (χ4n) is 1.67. The maximum Gasteiger partial charge on any atom is 0.0218 e. The molecule has 0 aliphatic carbocycles. The predicted octanol–water partition coefficient (Wildman–Crippen LogP) is 0.694. The molecule has 0 saturated carbocycles. The van der Waals surface area contributed by atoms with Gasteiger partial charge in [-0.15, -0.1) is 12.3 Å². The van der Waals surface area contributed by atoms with Crippen LogP contribution in [0.2, 0.25) is 0 Å². The Morgan fingerprint density at radius 3 is 3.08 bits per heavy atom. The summed E-state index contributed by atoms with van der Waals surface area (Å²) in [6.45, 7) is 3.31. The van der Waals surface area contributed by atoms with Crippen LogP contribution in [-0.4, -0.2) is 37.6 Å². The Morgan fingerprint density at radius 1 is 1.67 bits per heavy atom. The van der Waals surface area contributed by atoms with Gasteiger partial charge in [0, 0.05) is 25.6 Å². The molecule has 2 heteroatoms. The van der Waals surface area contributed by atoms with Crippen molar-refractivity contribution in [3.8, 4) is 12.3 Å². The van der Waals surface area contributed by atoms with Gasteiger partial charge < -0.3 is 10.2 Å². The minimum absolute atomic E-state index is 0.739. The number of terminal acetylenes is 1. The molecule has 0 aromatic carbocycles. The summed E-state index contributed by atoms with van der Waals surface area (Å²) >= 11 is 0. The lowest BCUT2D eigenvalue weighted by Gasteiger charge is -2.19. The molecule has 68 valence electrons. The zero-order valence-electron chi connectivity index (χ0n) is 7.84. The standard InChI is InChI=1S/C10H18N2/c1-3-4-7-11-9-10-6-5-8-12(10)2/h1,10-11H,4-9H2,2H3. The fourth-order valence-corrected chi connectivity index (χ4v) is 1.67. The van der Waals surface area contributed by atoms with E-state index >= 15 is 0 Å². The van der Waals surface area contributed by atoms with Gasteiger partial charge in [-0.1, -0.05) is 0 Å². The van der Waals surface area contributed by atoms with E-state index in [1.165, 1.54) is 19.4 Å². The molecule has 1 rings (SSSR count). The van der Waals surface area contributed by atoms with Gasteiger partial charge in [0.1, 0.15) is 0 Å². The van der Waals surface area contributed by atoms with E-state index in [4.69, 9.17) is 6.42 Å². The first kappa shape index (κ1) is 9.57. The van der Waals surface area contributed by atoms with Gasteiger partial charge in [-0.2, -0.15) is 0 Å². The predicted molar refractivity (Wildman–Crippen MR) is 52.0 cm³/mol. The first-order valence-electron chi connectivity index (χ1n) is 4.69. The van der Waals surface area contributed by atoms with Crippen molar-refractivity contribution in [3.63, 3.8) is 0 Å². The largest absolute Gasteiger partial charge is 0.314 e. The molecule has 0 aromatic rings. The molecule has 1 atom stereocenters. The highest BCUT2D eigenvalue weighted by Gasteiger charge is 2.19. The number of nitrogens with one attached hydrogen (secondary N) is 1. The summed E-state index contributed by atoms with van der Waals surface area (Å²) < 4.78 is 0. The number of likely N-dealkylation sites (N-methyl/N-ethyl adjacent to an activating group) is 1. The van der Waals surface area contributed by atoms with E-state index in [2.05, 4.69) is 23.2 Å². The van der Waals surface area contributed by atoms with Crippen LogP contribution in [0.15, 0.2) is 0 Å². The van der Waals surface area contributed by atoms with Crippen molar-refractivity contribution in [1.29, 1.82) is 0 Å². The number of rotatable bonds is 4. The molecule has 1 unspecified atom stereocenters. The van der Waals surface area contributed by atoms with Crippen LogP contribution >= 0.6 is 0 Å². The van der Waals surface area contributed by atoms with Crippen LogP contribution in [0.3, 0.4) is 0 Å². The first-order valence-corrected chi connectivity index (χ1v) is 4.69. The van der Waals surface area contributed by atoms with Crippen LogP contribution in [0.5, 0.6) is 0 Å². The Hall–Kier alpha value is -0.520. The molecule has 1 N–H and O–H groups in total. The first-order chi connectivity index (χ1) is 5.84. The Bertz CT molecular complexity index is 160. The maximum absolute atomic E-state index is 5.15. The lowest BCUT2D eigenvalue weighted by Crippen LogP contribution is -2.35. The Kier molecular flexibility index (Phi) is 4.13. The molecule has 1 saturated heterocycles. The molecule has 1 aliphatic heterocycles. The zero-order valence-corrected chi connectivity index (χ0v) is 7.84. The van der Waals surface area contributed by atoms with E-state index in [0.29, 0.717) is 0 Å². The summed E-state index contributed by atoms with van der Waals surface area (Å²) in [5.41, 5.74) is 0. The van der Waals surface area contributed by atoms with Crippen molar-refractivity contribution in [2.45, 2.75) is 25.3 Å². The van der Waals surface area contributed by atoms with Crippen molar-refractivity contribution >= 4 is 0 Å². The Labute approximate surface area is 75.3 Å². The lowest BCUT2D eigenvalue weighted by atomic mass is 10.2. The van der Waals surface area contributed by atoms with E-state index in [1.54, 1.807) is 0 Å². The monoisotopic (exact) mass is 166 g/mol. The van der Waals surface area contributed by atoms with E-state index in [1.807, 2.05) is 0 Å². The number of likely N-dealkylation sites (tertiary alicyclic amines) is 1. The topological polar surface area (TPSA) is 15.3 Å². The second kappa shape index (κ2) is 5.18. The third-order valence-electron chi connectivity index (χ3n) is 2.50. The van der Waals surface area contributed by atoms with Crippen molar-refractivity contribution in [3.05, 3.63) is 0 Å². The molecular formula is C10H18N2. The molecule has 12 heavy (non-hydrogen) atoms. The minimum atomic E-state index is 0.739. The SMILES string of the molecule is C#CCCNCC1CCCN1C. The highest BCUT2D eigenvalue weighted by molar-refractivity contribution is 4.85. The molecule has 2 nitrogen and oxygen atoms in total. The highest BCUT2D eigenvalue weighted by Crippen LogP contribution is 2.13. The van der Waals surface area contributed by atoms with Crippen LogP contribution in [-0.2, 0) is 0 Å². The summed E-state index contributed by atoms with van der Waals surface area (Å²) in [7, 11) is 2.19. The lowest BCUT2D eigenvalue weighted by molar-refractivity contribution is 0.301. The van der Waals surface area contributed by atoms with Crippen LogP contribution in [0, 0.1) is 12.3 Å². The Balaban J connectivity index is 2.03. The maximum atomic E-state index is 5.15. The van der Waals surface area contributed by atoms with Gasteiger partial charge in [-0.05, 0) is 26.4 Å². The summed E-state index contributed by atoms with van der Waals surface area (Å²) in [4.78, 5) is 2.42. The zero-order chi connectivity index (χ0) is 8.81. The van der Waals surface area contributed by atoms with Crippen LogP contribution in [0.25, 0.3) is 0 Å². The molecular weight excluding hydrogens is 148 g/mol. The van der Waals surface area contributed by atoms with Gasteiger partial charge in [0.05, 0.1) is 0 Å². The fraction of sp³-hybridized carbons (Fsp3) is 0.800. The molecule has 1 aliphatic rings. The summed E-state index contributed by atoms with van der Waals surface area (Å²) in [6, 6.07) is 0.739. The van der Waals surface area contributed by atoms with Crippen molar-refractivity contribution in [2.75, 3.05) is 26.7 Å². The smallest absolute Gasteiger partial charge is 0.0218 e. The quantitative estimate of drug-likeness (QED) is 0.488. The van der Waals surface area contributed by atoms with E-state index in [9.17, 15) is 0 Å². The molecule has 0 amide bonds. The van der Waals surface area contributed by atoms with Crippen LogP contribution < -0.4 is 5.32 Å². The van der Waals surface area contributed by atoms with Gasteiger partial charge >= 0.3 is 0 Å². The second-order valence-electron chi connectivity index (χ2n) is 3.43. The third-order valence-corrected chi connectivity index (χ3v) is 2.50. The highest BCUT2D eigenvalue weighted by atomic mass is 15.2. The number of nitrogens with zero attached hydrogens (tertiary/aromatic N) is 1. The van der Waals surface area contributed by atoms with E-state index < -0.39 is 0 Å². The van der Waals surface area contributed by atoms with Crippen molar-refractivity contribution in [1.82, 2.24) is 10.2 Å². The number of hydrogen-bond acceptors (Lipinski definition) is 2. The molecule has 0 spiro atoms. The molecule has 0 radical (unpaired) electrons. The number of hydrogen-bond donors (Lipinski definition) is 1. The molecule has 1 fully saturated rings. The van der Waals surface area contributed by atoms with Crippen molar-refractivity contribution in [2.24, 2.45) is 0 Å². The third kappa shape index (κ3) is 2.84. The normalized spacial score (nSPS) is 24.2. The van der Waals surface area contributed by atoms with Gasteiger partial charge in [-0.3, -0.25) is 0 Å². The minimum Gasteiger partial charge on any atom is -0.314 e. The van der Waals surface area contributed by atoms with Gasteiger partial charge in [0.2, 0.25) is 0 Å². The van der Waals surface area contributed by atoms with Gasteiger partial charge in [0.25, 0.3) is 0 Å². The second-order valence-corrected chi connectivity index (χ2v) is 3.43. The summed E-state index contributed by atoms with van der Waals surface area (Å²) in [6.07, 6.45) is 8.67. The summed E-state index contributed by atoms with van der Waals surface area (Å²) in [5.74, 6) is 2.63. The molecule has 0 bridgehead atoms. The van der Waals surface area contributed by atoms with Crippen LogP contribution in [0.4, 0.5) is 0 Å². The van der Waals surface area contributed by atoms with Gasteiger partial charge in [-0.25, -0.2) is 0 Å². The average Bonchev–Trinajstić information content (AvgIpc) is 2.46. The molecule has 1 heterocycles. The van der Waals surface area contributed by atoms with Gasteiger partial charge in [0.15, 0.2) is 0 Å². The van der Waals surface area contributed by atoms with E-state index in [0.717, 1.165) is 25.6 Å². The van der Waals surface area contributed by atoms with Crippen molar-refractivity contribution < 1.29 is 0 Å².